The summed E-state index contributed by atoms with van der Waals surface area (Å²) < 4.78 is 6.31. The lowest BCUT2D eigenvalue weighted by Gasteiger charge is -2.47. The third-order valence-corrected chi connectivity index (χ3v) is 4.70. The molecule has 3 atom stereocenters. The number of hydrogen-bond donors (Lipinski definition) is 1. The molecule has 2 nitrogen and oxygen atoms in total. The van der Waals surface area contributed by atoms with E-state index in [1.54, 1.807) is 0 Å². The minimum atomic E-state index is -0.458. The molecule has 1 N–H and O–H groups in total. The van der Waals surface area contributed by atoms with E-state index in [9.17, 15) is 5.11 Å². The molecular formula is C16H21ClO2. The molecule has 1 saturated carbocycles. The molecular weight excluding hydrogens is 260 g/mol. The predicted molar refractivity (Wildman–Crippen MR) is 76.6 cm³/mol. The zero-order chi connectivity index (χ0) is 13.6. The van der Waals surface area contributed by atoms with E-state index < -0.39 is 6.10 Å². The highest BCUT2D eigenvalue weighted by atomic mass is 35.5. The van der Waals surface area contributed by atoms with Gasteiger partial charge < -0.3 is 9.84 Å². The van der Waals surface area contributed by atoms with Crippen molar-refractivity contribution in [1.29, 1.82) is 0 Å². The first-order chi connectivity index (χ1) is 8.97. The van der Waals surface area contributed by atoms with E-state index in [0.717, 1.165) is 24.2 Å². The molecule has 0 aromatic heterocycles. The predicted octanol–water partition coefficient (Wildman–Crippen LogP) is 4.35. The third kappa shape index (κ3) is 2.48. The molecule has 2 aliphatic rings. The van der Waals surface area contributed by atoms with Crippen molar-refractivity contribution in [3.8, 4) is 5.75 Å². The van der Waals surface area contributed by atoms with Gasteiger partial charge in [-0.25, -0.2) is 0 Å². The van der Waals surface area contributed by atoms with E-state index in [4.69, 9.17) is 16.3 Å². The topological polar surface area (TPSA) is 29.5 Å². The minimum absolute atomic E-state index is 0.183. The summed E-state index contributed by atoms with van der Waals surface area (Å²) in [5.41, 5.74) is 0.654. The Morgan fingerprint density at radius 1 is 1.21 bits per heavy atom. The molecule has 1 aromatic rings. The first-order valence-corrected chi connectivity index (χ1v) is 7.52. The number of aliphatic hydroxyl groups is 1. The lowest BCUT2D eigenvalue weighted by Crippen LogP contribution is -2.46. The van der Waals surface area contributed by atoms with Crippen LogP contribution in [0.5, 0.6) is 5.75 Å². The van der Waals surface area contributed by atoms with E-state index in [0.29, 0.717) is 23.3 Å². The Morgan fingerprint density at radius 2 is 1.89 bits per heavy atom. The number of ether oxygens (including phenoxy) is 1. The molecule has 1 aliphatic carbocycles. The summed E-state index contributed by atoms with van der Waals surface area (Å²) in [5, 5.41) is 11.1. The zero-order valence-corrected chi connectivity index (χ0v) is 12.3. The molecule has 3 rings (SSSR count). The van der Waals surface area contributed by atoms with Crippen LogP contribution in [-0.2, 0) is 0 Å². The van der Waals surface area contributed by atoms with Crippen LogP contribution in [0, 0.1) is 11.8 Å². The molecule has 1 spiro atoms. The monoisotopic (exact) mass is 280 g/mol. The molecule has 2 unspecified atom stereocenters. The van der Waals surface area contributed by atoms with Gasteiger partial charge in [-0.3, -0.25) is 0 Å². The molecule has 1 aliphatic heterocycles. The van der Waals surface area contributed by atoms with Crippen molar-refractivity contribution in [2.75, 3.05) is 0 Å². The summed E-state index contributed by atoms with van der Waals surface area (Å²) in [5.74, 6) is 2.12. The average Bonchev–Trinajstić information content (AvgIpc) is 2.28. The first kappa shape index (κ1) is 13.3. The first-order valence-electron chi connectivity index (χ1n) is 7.14. The van der Waals surface area contributed by atoms with Crippen LogP contribution in [0.2, 0.25) is 5.02 Å². The van der Waals surface area contributed by atoms with Crippen molar-refractivity contribution in [3.05, 3.63) is 28.8 Å². The Kier molecular flexibility index (Phi) is 3.26. The second-order valence-corrected chi connectivity index (χ2v) is 6.98. The summed E-state index contributed by atoms with van der Waals surface area (Å²) in [6.07, 6.45) is 3.57. The Labute approximate surface area is 119 Å². The van der Waals surface area contributed by atoms with Gasteiger partial charge in [0, 0.05) is 17.0 Å². The number of rotatable bonds is 0. The van der Waals surface area contributed by atoms with Crippen LogP contribution in [0.25, 0.3) is 0 Å². The van der Waals surface area contributed by atoms with Gasteiger partial charge >= 0.3 is 0 Å². The van der Waals surface area contributed by atoms with E-state index in [1.165, 1.54) is 6.42 Å². The fourth-order valence-corrected chi connectivity index (χ4v) is 4.25. The van der Waals surface area contributed by atoms with Crippen LogP contribution in [0.4, 0.5) is 0 Å². The largest absolute Gasteiger partial charge is 0.487 e. The maximum absolute atomic E-state index is 10.4. The van der Waals surface area contributed by atoms with Crippen LogP contribution in [-0.4, -0.2) is 10.7 Å². The maximum Gasteiger partial charge on any atom is 0.126 e. The van der Waals surface area contributed by atoms with Gasteiger partial charge in [0.15, 0.2) is 0 Å². The standard InChI is InChI=1S/C16H21ClO2/c1-10-5-11(2)8-16(7-10)9-14(18)13-6-12(17)3-4-15(13)19-16/h3-4,6,10-11,14,18H,5,7-9H2,1-2H3/t10?,11?,14-,16?/m1/s1. The van der Waals surface area contributed by atoms with E-state index in [-0.39, 0.29) is 5.60 Å². The molecule has 19 heavy (non-hydrogen) atoms. The van der Waals surface area contributed by atoms with E-state index in [1.807, 2.05) is 18.2 Å². The van der Waals surface area contributed by atoms with Crippen molar-refractivity contribution < 1.29 is 9.84 Å². The Morgan fingerprint density at radius 3 is 2.58 bits per heavy atom. The van der Waals surface area contributed by atoms with Gasteiger partial charge in [-0.2, -0.15) is 0 Å². The van der Waals surface area contributed by atoms with Crippen LogP contribution in [0.3, 0.4) is 0 Å². The van der Waals surface area contributed by atoms with Gasteiger partial charge in [-0.05, 0) is 49.3 Å². The van der Waals surface area contributed by atoms with Crippen molar-refractivity contribution >= 4 is 11.6 Å². The van der Waals surface area contributed by atoms with Crippen molar-refractivity contribution in [2.24, 2.45) is 11.8 Å². The number of hydrogen-bond acceptors (Lipinski definition) is 2. The average molecular weight is 281 g/mol. The number of fused-ring (bicyclic) bond motifs is 1. The van der Waals surface area contributed by atoms with E-state index >= 15 is 0 Å². The maximum atomic E-state index is 10.4. The highest BCUT2D eigenvalue weighted by Crippen LogP contribution is 2.49. The third-order valence-electron chi connectivity index (χ3n) is 4.47. The van der Waals surface area contributed by atoms with Gasteiger partial charge in [0.1, 0.15) is 11.4 Å². The van der Waals surface area contributed by atoms with E-state index in [2.05, 4.69) is 13.8 Å². The summed E-state index contributed by atoms with van der Waals surface area (Å²) >= 11 is 6.00. The molecule has 3 heteroatoms. The van der Waals surface area contributed by atoms with Crippen LogP contribution in [0.1, 0.15) is 51.2 Å². The lowest BCUT2D eigenvalue weighted by molar-refractivity contribution is -0.0623. The number of halogens is 1. The highest BCUT2D eigenvalue weighted by molar-refractivity contribution is 6.30. The van der Waals surface area contributed by atoms with Crippen LogP contribution in [0.15, 0.2) is 18.2 Å². The minimum Gasteiger partial charge on any atom is -0.487 e. The van der Waals surface area contributed by atoms with Gasteiger partial charge in [0.05, 0.1) is 6.10 Å². The van der Waals surface area contributed by atoms with Crippen molar-refractivity contribution in [1.82, 2.24) is 0 Å². The Bertz CT molecular complexity index is 476. The summed E-state index contributed by atoms with van der Waals surface area (Å²) in [4.78, 5) is 0. The normalized spacial score (nSPS) is 37.8. The smallest absolute Gasteiger partial charge is 0.126 e. The fourth-order valence-electron chi connectivity index (χ4n) is 4.07. The Balaban J connectivity index is 1.94. The second-order valence-electron chi connectivity index (χ2n) is 6.54. The Hall–Kier alpha value is -0.730. The van der Waals surface area contributed by atoms with Gasteiger partial charge in [-0.1, -0.05) is 25.4 Å². The van der Waals surface area contributed by atoms with Crippen LogP contribution >= 0.6 is 11.6 Å². The molecule has 0 radical (unpaired) electrons. The van der Waals surface area contributed by atoms with Gasteiger partial charge in [-0.15, -0.1) is 0 Å². The van der Waals surface area contributed by atoms with Crippen LogP contribution < -0.4 is 4.74 Å². The summed E-state index contributed by atoms with van der Waals surface area (Å²) in [7, 11) is 0. The molecule has 0 bridgehead atoms. The quantitative estimate of drug-likeness (QED) is 0.765. The molecule has 1 aromatic carbocycles. The molecule has 0 saturated heterocycles. The van der Waals surface area contributed by atoms with Gasteiger partial charge in [0.2, 0.25) is 0 Å². The highest BCUT2D eigenvalue weighted by Gasteiger charge is 2.45. The van der Waals surface area contributed by atoms with Gasteiger partial charge in [0.25, 0.3) is 0 Å². The number of benzene rings is 1. The van der Waals surface area contributed by atoms with Crippen molar-refractivity contribution in [2.45, 2.75) is 51.2 Å². The fraction of sp³-hybridized carbons (Fsp3) is 0.625. The SMILES string of the molecule is CC1CC(C)CC2(C1)C[C@@H](O)c1cc(Cl)ccc1O2. The summed E-state index contributed by atoms with van der Waals surface area (Å²) in [6, 6.07) is 5.55. The number of aliphatic hydroxyl groups excluding tert-OH is 1. The lowest BCUT2D eigenvalue weighted by atomic mass is 9.70. The molecule has 104 valence electrons. The molecule has 1 heterocycles. The second kappa shape index (κ2) is 4.68. The summed E-state index contributed by atoms with van der Waals surface area (Å²) in [6.45, 7) is 4.56. The van der Waals surface area contributed by atoms with Crippen molar-refractivity contribution in [3.63, 3.8) is 0 Å². The zero-order valence-electron chi connectivity index (χ0n) is 11.5. The molecule has 0 amide bonds. The molecule has 1 fully saturated rings.